The van der Waals surface area contributed by atoms with E-state index in [9.17, 15) is 0 Å². The topological polar surface area (TPSA) is 59.0 Å². The van der Waals surface area contributed by atoms with E-state index in [-0.39, 0.29) is 107 Å². The molecule has 13 rings (SSSR count). The summed E-state index contributed by atoms with van der Waals surface area (Å²) >= 11 is 0. The van der Waals surface area contributed by atoms with Crippen molar-refractivity contribution in [1.82, 2.24) is 4.98 Å². The summed E-state index contributed by atoms with van der Waals surface area (Å²) in [7, 11) is 0. The maximum Gasteiger partial charge on any atom is 4.00 e. The molecule has 0 atom stereocenters. The SMILES string of the molecule is Cc1cc(-c2ccccc2-c2cc(C(F)(F)F)cc(-c3ccccc3-c3cc(C)cc(C45CC6(C)CC(C)(CC(C)(C6)C4)C5)c3[O-])n2)c([O-])c(C23CC4(C)CC(C)(CC(C)(C4)C2)C3)c1.[CH3-].[CH3-].[Hf+4]. The second kappa shape index (κ2) is 15.6. The number of pyridine rings is 1. The molecule has 1 heterocycles. The van der Waals surface area contributed by atoms with Crippen LogP contribution in [0.4, 0.5) is 13.2 Å². The van der Waals surface area contributed by atoms with Crippen molar-refractivity contribution in [3.63, 3.8) is 0 Å². The first kappa shape index (κ1) is 49.7. The van der Waals surface area contributed by atoms with Crippen LogP contribution in [0.25, 0.3) is 44.8 Å². The van der Waals surface area contributed by atoms with E-state index in [1.165, 1.54) is 38.5 Å². The van der Waals surface area contributed by atoms with E-state index in [4.69, 9.17) is 4.98 Å². The van der Waals surface area contributed by atoms with E-state index in [2.05, 4.69) is 53.7 Å². The number of nitrogens with zero attached hydrogens (tertiary/aromatic N) is 1. The molecule has 0 saturated heterocycles. The van der Waals surface area contributed by atoms with E-state index >= 15 is 23.4 Å². The van der Waals surface area contributed by atoms with Crippen LogP contribution in [0.3, 0.4) is 0 Å². The monoisotopic (exact) mass is 1070 g/mol. The van der Waals surface area contributed by atoms with Gasteiger partial charge in [-0.3, -0.25) is 0 Å². The summed E-state index contributed by atoms with van der Waals surface area (Å²) in [6, 6.07) is 24.9. The van der Waals surface area contributed by atoms with Crippen LogP contribution in [0.2, 0.25) is 0 Å². The molecule has 8 aliphatic rings. The standard InChI is InChI=1S/C58H64F3NO2.2CH3.Hf/c1-35-17-42(48(63)44(19-35)56-29-50(3)23-51(4,30-56)25-52(5,24-50)31-56)38-13-9-11-15-40(38)46-21-37(58(59,60)61)22-47(62-46)41-16-12-10-14-39(41)43-18-36(2)20-45(49(43)64)57-32-53(6)26-54(7,33-57)28-55(8,27-53)34-57;;;/h9-22,63-64H,23-34H2,1-8H3;2*1H3;/q;2*-1;+4/p-2. The van der Waals surface area contributed by atoms with E-state index < -0.39 is 11.7 Å². The molecule has 8 bridgehead atoms. The fourth-order valence-electron chi connectivity index (χ4n) is 18.7. The minimum absolute atomic E-state index is 0. The Labute approximate surface area is 417 Å². The zero-order valence-electron chi connectivity index (χ0n) is 41.5. The second-order valence-electron chi connectivity index (χ2n) is 25.1. The third kappa shape index (κ3) is 7.99. The van der Waals surface area contributed by atoms with Crippen molar-refractivity contribution in [2.75, 3.05) is 0 Å². The molecule has 0 unspecified atom stereocenters. The van der Waals surface area contributed by atoms with Crippen LogP contribution >= 0.6 is 0 Å². The summed E-state index contributed by atoms with van der Waals surface area (Å²) in [6.45, 7) is 18.6. The maximum absolute atomic E-state index is 15.2. The molecule has 1 aromatic heterocycles. The van der Waals surface area contributed by atoms with Gasteiger partial charge in [0, 0.05) is 11.1 Å². The Morgan fingerprint density at radius 2 is 0.716 bits per heavy atom. The molecule has 8 fully saturated rings. The molecule has 67 heavy (non-hydrogen) atoms. The smallest absolute Gasteiger partial charge is 0.872 e. The van der Waals surface area contributed by atoms with Gasteiger partial charge in [-0.05, 0) is 180 Å². The summed E-state index contributed by atoms with van der Waals surface area (Å²) in [5.74, 6) is -0.0508. The van der Waals surface area contributed by atoms with E-state index in [0.29, 0.717) is 33.4 Å². The first-order valence-corrected chi connectivity index (χ1v) is 23.8. The van der Waals surface area contributed by atoms with Crippen molar-refractivity contribution >= 4 is 0 Å². The van der Waals surface area contributed by atoms with Crippen LogP contribution in [-0.2, 0) is 42.8 Å². The number of alkyl halides is 3. The molecule has 350 valence electrons. The largest absolute Gasteiger partial charge is 4.00 e. The number of rotatable bonds is 6. The first-order chi connectivity index (χ1) is 29.8. The third-order valence-electron chi connectivity index (χ3n) is 17.5. The summed E-state index contributed by atoms with van der Waals surface area (Å²) < 4.78 is 45.4. The molecule has 0 aliphatic heterocycles. The van der Waals surface area contributed by atoms with Crippen LogP contribution in [0.1, 0.15) is 146 Å². The number of benzene rings is 4. The van der Waals surface area contributed by atoms with Gasteiger partial charge in [-0.25, -0.2) is 4.98 Å². The molecular formula is C60H68F3HfNO2. The van der Waals surface area contributed by atoms with Gasteiger partial charge in [0.1, 0.15) is 0 Å². The van der Waals surface area contributed by atoms with Gasteiger partial charge < -0.3 is 25.1 Å². The Kier molecular flexibility index (Phi) is 11.6. The van der Waals surface area contributed by atoms with Gasteiger partial charge in [0.2, 0.25) is 0 Å². The minimum atomic E-state index is -4.68. The molecule has 5 aromatic rings. The molecule has 0 radical (unpaired) electrons. The molecule has 4 aromatic carbocycles. The van der Waals surface area contributed by atoms with Crippen molar-refractivity contribution in [2.24, 2.45) is 32.5 Å². The van der Waals surface area contributed by atoms with Gasteiger partial charge in [0.15, 0.2) is 0 Å². The molecule has 7 heteroatoms. The normalized spacial score (nSPS) is 34.3. The molecule has 8 saturated carbocycles. The molecule has 3 nitrogen and oxygen atoms in total. The van der Waals surface area contributed by atoms with Crippen molar-refractivity contribution in [3.8, 4) is 56.3 Å². The molecule has 8 aliphatic carbocycles. The second-order valence-corrected chi connectivity index (χ2v) is 25.1. The number of halogens is 3. The molecular weight excluding hydrogens is 1000 g/mol. The van der Waals surface area contributed by atoms with Crippen molar-refractivity contribution in [1.29, 1.82) is 0 Å². The zero-order chi connectivity index (χ0) is 45.3. The fraction of sp³-hybridized carbons (Fsp3) is 0.483. The maximum atomic E-state index is 15.2. The van der Waals surface area contributed by atoms with Crippen LogP contribution in [-0.4, -0.2) is 4.98 Å². The molecule has 0 amide bonds. The number of aromatic nitrogens is 1. The summed E-state index contributed by atoms with van der Waals surface area (Å²) in [4.78, 5) is 5.07. The Morgan fingerprint density at radius 1 is 0.433 bits per heavy atom. The third-order valence-corrected chi connectivity index (χ3v) is 17.5. The Hall–Kier alpha value is -3.71. The number of hydrogen-bond donors (Lipinski definition) is 0. The van der Waals surface area contributed by atoms with Crippen LogP contribution in [0.15, 0.2) is 84.9 Å². The van der Waals surface area contributed by atoms with Crippen LogP contribution in [0.5, 0.6) is 11.5 Å². The molecule has 0 spiro atoms. The van der Waals surface area contributed by atoms with Gasteiger partial charge in [0.05, 0.1) is 17.0 Å². The van der Waals surface area contributed by atoms with Gasteiger partial charge in [-0.1, -0.05) is 137 Å². The average Bonchev–Trinajstić information content (AvgIpc) is 3.15. The Bertz CT molecular complexity index is 2520. The summed E-state index contributed by atoms with van der Waals surface area (Å²) in [5, 5.41) is 30.3. The van der Waals surface area contributed by atoms with Gasteiger partial charge in [-0.15, -0.1) is 0 Å². The van der Waals surface area contributed by atoms with Gasteiger partial charge in [-0.2, -0.15) is 13.2 Å². The zero-order valence-corrected chi connectivity index (χ0v) is 45.1. The fourth-order valence-corrected chi connectivity index (χ4v) is 18.7. The van der Waals surface area contributed by atoms with Gasteiger partial charge >= 0.3 is 32.0 Å². The summed E-state index contributed by atoms with van der Waals surface area (Å²) in [5.41, 5.74) is 6.72. The Balaban J connectivity index is 0.00000203. The van der Waals surface area contributed by atoms with Gasteiger partial charge in [0.25, 0.3) is 0 Å². The predicted molar refractivity (Wildman–Crippen MR) is 260 cm³/mol. The first-order valence-electron chi connectivity index (χ1n) is 23.8. The van der Waals surface area contributed by atoms with Crippen LogP contribution < -0.4 is 10.2 Å². The number of hydrogen-bond acceptors (Lipinski definition) is 3. The van der Waals surface area contributed by atoms with E-state index in [1.807, 2.05) is 50.2 Å². The quantitative estimate of drug-likeness (QED) is 0.126. The van der Waals surface area contributed by atoms with Crippen LogP contribution in [0, 0.1) is 61.2 Å². The molecule has 0 N–H and O–H groups in total. The minimum Gasteiger partial charge on any atom is -0.872 e. The van der Waals surface area contributed by atoms with Crippen molar-refractivity contribution in [3.05, 3.63) is 128 Å². The van der Waals surface area contributed by atoms with Crippen molar-refractivity contribution in [2.45, 2.75) is 149 Å². The van der Waals surface area contributed by atoms with E-state index in [1.54, 1.807) is 24.3 Å². The average molecular weight is 1070 g/mol. The van der Waals surface area contributed by atoms with E-state index in [0.717, 1.165) is 72.9 Å². The Morgan fingerprint density at radius 3 is 1.00 bits per heavy atom. The van der Waals surface area contributed by atoms with Crippen molar-refractivity contribution < 1.29 is 49.2 Å². The number of aryl methyl sites for hydroxylation is 2. The predicted octanol–water partition coefficient (Wildman–Crippen LogP) is 15.7. The summed E-state index contributed by atoms with van der Waals surface area (Å²) in [6.07, 6.45) is 8.29.